The summed E-state index contributed by atoms with van der Waals surface area (Å²) in [6.45, 7) is 4.98. The minimum atomic E-state index is -0.0404. The maximum absolute atomic E-state index is 11.9. The normalized spacial score (nSPS) is 41.7. The Balaban J connectivity index is 2.15. The van der Waals surface area contributed by atoms with Gasteiger partial charge < -0.3 is 10.2 Å². The number of hydrogen-bond acceptors (Lipinski definition) is 3. The molecule has 0 bridgehead atoms. The van der Waals surface area contributed by atoms with Gasteiger partial charge in [0.05, 0.1) is 5.41 Å². The van der Waals surface area contributed by atoms with Gasteiger partial charge in [-0.1, -0.05) is 0 Å². The standard InChI is InChI=1S/C10H18N2O/c1-8-5-9(13)10(7-12(8)2)3-4-11-6-10/h8,11H,3-7H2,1-2H3. The molecule has 74 valence electrons. The Morgan fingerprint density at radius 2 is 2.38 bits per heavy atom. The summed E-state index contributed by atoms with van der Waals surface area (Å²) in [5.74, 6) is 0.475. The van der Waals surface area contributed by atoms with Gasteiger partial charge in [0.15, 0.2) is 0 Å². The highest BCUT2D eigenvalue weighted by Gasteiger charge is 2.45. The van der Waals surface area contributed by atoms with E-state index in [1.165, 1.54) is 0 Å². The summed E-state index contributed by atoms with van der Waals surface area (Å²) in [6, 6.07) is 0.429. The number of ketones is 1. The van der Waals surface area contributed by atoms with Crippen LogP contribution in [-0.2, 0) is 4.79 Å². The van der Waals surface area contributed by atoms with Gasteiger partial charge in [0.1, 0.15) is 5.78 Å². The van der Waals surface area contributed by atoms with Crippen molar-refractivity contribution in [3.63, 3.8) is 0 Å². The second kappa shape index (κ2) is 3.07. The second-order valence-electron chi connectivity index (χ2n) is 4.60. The molecule has 2 aliphatic rings. The number of carbonyl (C=O) groups excluding carboxylic acids is 1. The number of nitrogens with zero attached hydrogens (tertiary/aromatic N) is 1. The summed E-state index contributed by atoms with van der Waals surface area (Å²) in [5.41, 5.74) is -0.0404. The van der Waals surface area contributed by atoms with Crippen molar-refractivity contribution in [3.8, 4) is 0 Å². The Kier molecular flexibility index (Phi) is 2.16. The van der Waals surface area contributed by atoms with Crippen LogP contribution in [-0.4, -0.2) is 43.4 Å². The van der Waals surface area contributed by atoms with Gasteiger partial charge in [-0.3, -0.25) is 4.79 Å². The van der Waals surface area contributed by atoms with E-state index >= 15 is 0 Å². The minimum Gasteiger partial charge on any atom is -0.316 e. The molecule has 1 N–H and O–H groups in total. The first kappa shape index (κ1) is 9.16. The first-order valence-corrected chi connectivity index (χ1v) is 5.08. The van der Waals surface area contributed by atoms with E-state index in [-0.39, 0.29) is 5.41 Å². The van der Waals surface area contributed by atoms with Crippen LogP contribution < -0.4 is 5.32 Å². The fourth-order valence-corrected chi connectivity index (χ4v) is 2.48. The number of carbonyl (C=O) groups is 1. The first-order valence-electron chi connectivity index (χ1n) is 5.08. The van der Waals surface area contributed by atoms with Gasteiger partial charge in [-0.2, -0.15) is 0 Å². The van der Waals surface area contributed by atoms with Crippen LogP contribution in [0.3, 0.4) is 0 Å². The van der Waals surface area contributed by atoms with Crippen LogP contribution in [0.15, 0.2) is 0 Å². The molecule has 2 rings (SSSR count). The maximum atomic E-state index is 11.9. The summed E-state index contributed by atoms with van der Waals surface area (Å²) in [5, 5.41) is 3.30. The van der Waals surface area contributed by atoms with Crippen LogP contribution in [0, 0.1) is 5.41 Å². The Morgan fingerprint density at radius 3 is 3.00 bits per heavy atom. The fraction of sp³-hybridized carbons (Fsp3) is 0.900. The molecule has 0 aromatic heterocycles. The number of Topliss-reactive ketones (excluding diaryl/α,β-unsaturated/α-hetero) is 1. The lowest BCUT2D eigenvalue weighted by Gasteiger charge is -2.40. The molecule has 0 radical (unpaired) electrons. The smallest absolute Gasteiger partial charge is 0.143 e. The van der Waals surface area contributed by atoms with E-state index < -0.39 is 0 Å². The quantitative estimate of drug-likeness (QED) is 0.583. The highest BCUT2D eigenvalue weighted by atomic mass is 16.1. The van der Waals surface area contributed by atoms with Crippen LogP contribution in [0.25, 0.3) is 0 Å². The molecule has 2 unspecified atom stereocenters. The Morgan fingerprint density at radius 1 is 1.62 bits per heavy atom. The predicted octanol–water partition coefficient (Wildman–Crippen LogP) is 0.259. The fourth-order valence-electron chi connectivity index (χ4n) is 2.48. The van der Waals surface area contributed by atoms with Crippen molar-refractivity contribution in [3.05, 3.63) is 0 Å². The van der Waals surface area contributed by atoms with Crippen molar-refractivity contribution < 1.29 is 4.79 Å². The van der Waals surface area contributed by atoms with Gasteiger partial charge in [-0.15, -0.1) is 0 Å². The molecule has 0 aromatic rings. The number of nitrogens with one attached hydrogen (secondary N) is 1. The average Bonchev–Trinajstić information content (AvgIpc) is 2.51. The lowest BCUT2D eigenvalue weighted by molar-refractivity contribution is -0.134. The zero-order valence-corrected chi connectivity index (χ0v) is 8.47. The van der Waals surface area contributed by atoms with Gasteiger partial charge in [-0.05, 0) is 26.9 Å². The molecule has 3 nitrogen and oxygen atoms in total. The number of rotatable bonds is 0. The van der Waals surface area contributed by atoms with Gasteiger partial charge >= 0.3 is 0 Å². The molecule has 0 saturated carbocycles. The van der Waals surface area contributed by atoms with Crippen molar-refractivity contribution >= 4 is 5.78 Å². The monoisotopic (exact) mass is 182 g/mol. The SMILES string of the molecule is CC1CC(=O)C2(CCNC2)CN1C. The third kappa shape index (κ3) is 1.40. The highest BCUT2D eigenvalue weighted by molar-refractivity contribution is 5.87. The maximum Gasteiger partial charge on any atom is 0.143 e. The van der Waals surface area contributed by atoms with E-state index in [2.05, 4.69) is 24.2 Å². The molecule has 2 atom stereocenters. The molecular weight excluding hydrogens is 164 g/mol. The van der Waals surface area contributed by atoms with Crippen molar-refractivity contribution in [2.24, 2.45) is 5.41 Å². The van der Waals surface area contributed by atoms with Gasteiger partial charge in [-0.25, -0.2) is 0 Å². The molecule has 0 aliphatic carbocycles. The van der Waals surface area contributed by atoms with Gasteiger partial charge in [0, 0.05) is 25.6 Å². The number of hydrogen-bond donors (Lipinski definition) is 1. The molecule has 2 saturated heterocycles. The van der Waals surface area contributed by atoms with E-state index in [0.29, 0.717) is 11.8 Å². The van der Waals surface area contributed by atoms with Crippen LogP contribution in [0.4, 0.5) is 0 Å². The summed E-state index contributed by atoms with van der Waals surface area (Å²) >= 11 is 0. The Labute approximate surface area is 79.5 Å². The largest absolute Gasteiger partial charge is 0.316 e. The molecule has 3 heteroatoms. The van der Waals surface area contributed by atoms with Gasteiger partial charge in [0.25, 0.3) is 0 Å². The van der Waals surface area contributed by atoms with Crippen LogP contribution in [0.1, 0.15) is 19.8 Å². The zero-order valence-electron chi connectivity index (χ0n) is 8.47. The lowest BCUT2D eigenvalue weighted by atomic mass is 9.76. The van der Waals surface area contributed by atoms with Crippen LogP contribution >= 0.6 is 0 Å². The summed E-state index contributed by atoms with van der Waals surface area (Å²) in [4.78, 5) is 14.2. The van der Waals surface area contributed by atoms with Crippen molar-refractivity contribution in [1.29, 1.82) is 0 Å². The lowest BCUT2D eigenvalue weighted by Crippen LogP contribution is -2.52. The molecule has 13 heavy (non-hydrogen) atoms. The molecular formula is C10H18N2O. The van der Waals surface area contributed by atoms with E-state index in [1.807, 2.05) is 0 Å². The molecule has 1 spiro atoms. The van der Waals surface area contributed by atoms with E-state index in [9.17, 15) is 4.79 Å². The molecule has 2 fully saturated rings. The van der Waals surface area contributed by atoms with E-state index in [4.69, 9.17) is 0 Å². The molecule has 2 heterocycles. The second-order valence-corrected chi connectivity index (χ2v) is 4.60. The molecule has 2 aliphatic heterocycles. The predicted molar refractivity (Wildman–Crippen MR) is 51.6 cm³/mol. The highest BCUT2D eigenvalue weighted by Crippen LogP contribution is 2.34. The van der Waals surface area contributed by atoms with Crippen LogP contribution in [0.5, 0.6) is 0 Å². The van der Waals surface area contributed by atoms with Gasteiger partial charge in [0.2, 0.25) is 0 Å². The van der Waals surface area contributed by atoms with Crippen LogP contribution in [0.2, 0.25) is 0 Å². The number of piperidine rings is 1. The van der Waals surface area contributed by atoms with Crippen molar-refractivity contribution in [2.45, 2.75) is 25.8 Å². The van der Waals surface area contributed by atoms with E-state index in [0.717, 1.165) is 32.5 Å². The number of likely N-dealkylation sites (tertiary alicyclic amines) is 1. The molecule has 0 amide bonds. The summed E-state index contributed by atoms with van der Waals surface area (Å²) in [6.07, 6.45) is 1.76. The summed E-state index contributed by atoms with van der Waals surface area (Å²) < 4.78 is 0. The van der Waals surface area contributed by atoms with Crippen molar-refractivity contribution in [1.82, 2.24) is 10.2 Å². The topological polar surface area (TPSA) is 32.3 Å². The third-order valence-electron chi connectivity index (χ3n) is 3.62. The Hall–Kier alpha value is -0.410. The average molecular weight is 182 g/mol. The Bertz CT molecular complexity index is 221. The summed E-state index contributed by atoms with van der Waals surface area (Å²) in [7, 11) is 2.12. The van der Waals surface area contributed by atoms with E-state index in [1.54, 1.807) is 0 Å². The molecule has 0 aromatic carbocycles. The van der Waals surface area contributed by atoms with Crippen molar-refractivity contribution in [2.75, 3.05) is 26.7 Å². The first-order chi connectivity index (χ1) is 6.14. The zero-order chi connectivity index (χ0) is 9.47. The minimum absolute atomic E-state index is 0.0404. The third-order valence-corrected chi connectivity index (χ3v) is 3.62.